The van der Waals surface area contributed by atoms with Gasteiger partial charge in [-0.25, -0.2) is 8.42 Å². The van der Waals surface area contributed by atoms with E-state index in [1.165, 1.54) is 0 Å². The molecule has 0 spiro atoms. The Balaban J connectivity index is 1.75. The average molecular weight is 412 g/mol. The standard InChI is InChI=1S/C20H14BrNO2S/c21-18-6-3-7-20(13-18)25(23,24)22-19-9-8-16-10-14-4-1-2-5-15(14)11-17(16)12-19/h1-13,22H. The summed E-state index contributed by atoms with van der Waals surface area (Å²) in [5.74, 6) is 0. The fraction of sp³-hybridized carbons (Fsp3) is 0. The smallest absolute Gasteiger partial charge is 0.261 e. The van der Waals surface area contributed by atoms with Crippen LogP contribution in [0.5, 0.6) is 0 Å². The van der Waals surface area contributed by atoms with Crippen molar-refractivity contribution >= 4 is 53.2 Å². The van der Waals surface area contributed by atoms with Crippen LogP contribution in [0.1, 0.15) is 0 Å². The molecule has 0 unspecified atom stereocenters. The Morgan fingerprint density at radius 1 is 0.680 bits per heavy atom. The molecule has 0 saturated carbocycles. The average Bonchev–Trinajstić information content (AvgIpc) is 2.59. The van der Waals surface area contributed by atoms with Crippen molar-refractivity contribution < 1.29 is 8.42 Å². The fourth-order valence-corrected chi connectivity index (χ4v) is 4.50. The highest BCUT2D eigenvalue weighted by atomic mass is 79.9. The van der Waals surface area contributed by atoms with E-state index in [0.29, 0.717) is 5.69 Å². The monoisotopic (exact) mass is 411 g/mol. The Bertz CT molecular complexity index is 1200. The number of rotatable bonds is 3. The van der Waals surface area contributed by atoms with Crippen molar-refractivity contribution in [2.24, 2.45) is 0 Å². The lowest BCUT2D eigenvalue weighted by Crippen LogP contribution is -2.12. The highest BCUT2D eigenvalue weighted by Crippen LogP contribution is 2.27. The van der Waals surface area contributed by atoms with Crippen LogP contribution in [0.2, 0.25) is 0 Å². The zero-order valence-electron chi connectivity index (χ0n) is 13.1. The molecule has 124 valence electrons. The van der Waals surface area contributed by atoms with Gasteiger partial charge in [0.1, 0.15) is 0 Å². The number of halogens is 1. The molecular formula is C20H14BrNO2S. The van der Waals surface area contributed by atoms with Gasteiger partial charge in [-0.05, 0) is 64.0 Å². The summed E-state index contributed by atoms with van der Waals surface area (Å²) in [5.41, 5.74) is 0.544. The molecule has 0 saturated heterocycles. The molecule has 0 bridgehead atoms. The third-order valence-electron chi connectivity index (χ3n) is 4.06. The third kappa shape index (κ3) is 3.25. The molecule has 0 aliphatic carbocycles. The van der Waals surface area contributed by atoms with Gasteiger partial charge in [-0.15, -0.1) is 0 Å². The van der Waals surface area contributed by atoms with Crippen LogP contribution in [0.3, 0.4) is 0 Å². The first-order chi connectivity index (χ1) is 12.0. The van der Waals surface area contributed by atoms with Gasteiger partial charge in [0.2, 0.25) is 0 Å². The number of fused-ring (bicyclic) bond motifs is 2. The van der Waals surface area contributed by atoms with Crippen LogP contribution >= 0.6 is 15.9 Å². The maximum absolute atomic E-state index is 12.6. The Morgan fingerprint density at radius 3 is 2.08 bits per heavy atom. The number of benzene rings is 4. The van der Waals surface area contributed by atoms with Crippen molar-refractivity contribution in [2.45, 2.75) is 4.90 Å². The number of hydrogen-bond acceptors (Lipinski definition) is 2. The van der Waals surface area contributed by atoms with Gasteiger partial charge >= 0.3 is 0 Å². The first kappa shape index (κ1) is 16.1. The normalized spacial score (nSPS) is 11.7. The van der Waals surface area contributed by atoms with Gasteiger partial charge in [-0.1, -0.05) is 52.3 Å². The summed E-state index contributed by atoms with van der Waals surface area (Å²) in [6.45, 7) is 0. The summed E-state index contributed by atoms with van der Waals surface area (Å²) in [5, 5.41) is 4.36. The van der Waals surface area contributed by atoms with Gasteiger partial charge in [0.05, 0.1) is 4.90 Å². The van der Waals surface area contributed by atoms with E-state index >= 15 is 0 Å². The van der Waals surface area contributed by atoms with E-state index in [1.807, 2.05) is 30.3 Å². The zero-order chi connectivity index (χ0) is 17.4. The molecule has 1 N–H and O–H groups in total. The van der Waals surface area contributed by atoms with Crippen LogP contribution in [0, 0.1) is 0 Å². The SMILES string of the molecule is O=S(=O)(Nc1ccc2cc3ccccc3cc2c1)c1cccc(Br)c1. The van der Waals surface area contributed by atoms with E-state index in [0.717, 1.165) is 26.0 Å². The Kier molecular flexibility index (Phi) is 3.98. The molecule has 0 aliphatic rings. The lowest BCUT2D eigenvalue weighted by atomic mass is 10.0. The number of anilines is 1. The molecule has 0 radical (unpaired) electrons. The summed E-state index contributed by atoms with van der Waals surface area (Å²) < 4.78 is 28.5. The van der Waals surface area contributed by atoms with Gasteiger partial charge in [-0.3, -0.25) is 4.72 Å². The minimum atomic E-state index is -3.63. The van der Waals surface area contributed by atoms with Crippen molar-refractivity contribution in [3.63, 3.8) is 0 Å². The molecule has 25 heavy (non-hydrogen) atoms. The van der Waals surface area contributed by atoms with E-state index < -0.39 is 10.0 Å². The van der Waals surface area contributed by atoms with E-state index in [-0.39, 0.29) is 4.90 Å². The van der Waals surface area contributed by atoms with Crippen molar-refractivity contribution in [3.05, 3.63) is 83.3 Å². The molecule has 3 nitrogen and oxygen atoms in total. The fourth-order valence-electron chi connectivity index (χ4n) is 2.85. The van der Waals surface area contributed by atoms with Crippen LogP contribution in [0.15, 0.2) is 88.2 Å². The zero-order valence-corrected chi connectivity index (χ0v) is 15.5. The quantitative estimate of drug-likeness (QED) is 0.448. The molecule has 0 aliphatic heterocycles. The summed E-state index contributed by atoms with van der Waals surface area (Å²) in [6.07, 6.45) is 0. The Labute approximate surface area is 154 Å². The molecule has 0 heterocycles. The maximum Gasteiger partial charge on any atom is 0.261 e. The van der Waals surface area contributed by atoms with Gasteiger partial charge in [0, 0.05) is 10.2 Å². The molecular weight excluding hydrogens is 398 g/mol. The predicted molar refractivity (Wildman–Crippen MR) is 106 cm³/mol. The second-order valence-corrected chi connectivity index (χ2v) is 8.42. The molecule has 0 fully saturated rings. The molecule has 5 heteroatoms. The summed E-state index contributed by atoms with van der Waals surface area (Å²) in [4.78, 5) is 0.223. The molecule has 0 atom stereocenters. The summed E-state index contributed by atoms with van der Waals surface area (Å²) in [7, 11) is -3.63. The van der Waals surface area contributed by atoms with Crippen LogP contribution in [-0.2, 0) is 10.0 Å². The first-order valence-electron chi connectivity index (χ1n) is 7.72. The molecule has 0 amide bonds. The van der Waals surface area contributed by atoms with Gasteiger partial charge in [-0.2, -0.15) is 0 Å². The summed E-state index contributed by atoms with van der Waals surface area (Å²) >= 11 is 3.30. The Hall–Kier alpha value is -2.37. The van der Waals surface area contributed by atoms with Gasteiger partial charge < -0.3 is 0 Å². The molecule has 0 aromatic heterocycles. The first-order valence-corrected chi connectivity index (χ1v) is 10.00. The van der Waals surface area contributed by atoms with Crippen LogP contribution < -0.4 is 4.72 Å². The van der Waals surface area contributed by atoms with E-state index in [2.05, 4.69) is 38.9 Å². The van der Waals surface area contributed by atoms with Crippen molar-refractivity contribution in [1.29, 1.82) is 0 Å². The molecule has 4 aromatic rings. The minimum Gasteiger partial charge on any atom is -0.280 e. The van der Waals surface area contributed by atoms with E-state index in [1.54, 1.807) is 30.3 Å². The lowest BCUT2D eigenvalue weighted by molar-refractivity contribution is 0.601. The Morgan fingerprint density at radius 2 is 1.36 bits per heavy atom. The van der Waals surface area contributed by atoms with E-state index in [9.17, 15) is 8.42 Å². The van der Waals surface area contributed by atoms with Crippen molar-refractivity contribution in [3.8, 4) is 0 Å². The number of hydrogen-bond donors (Lipinski definition) is 1. The third-order valence-corrected chi connectivity index (χ3v) is 5.94. The van der Waals surface area contributed by atoms with Gasteiger partial charge in [0.25, 0.3) is 10.0 Å². The van der Waals surface area contributed by atoms with Crippen molar-refractivity contribution in [1.82, 2.24) is 0 Å². The second-order valence-electron chi connectivity index (χ2n) is 5.82. The minimum absolute atomic E-state index is 0.223. The van der Waals surface area contributed by atoms with Crippen LogP contribution in [-0.4, -0.2) is 8.42 Å². The van der Waals surface area contributed by atoms with Gasteiger partial charge in [0.15, 0.2) is 0 Å². The number of sulfonamides is 1. The second kappa shape index (κ2) is 6.17. The topological polar surface area (TPSA) is 46.2 Å². The molecule has 4 rings (SSSR count). The summed E-state index contributed by atoms with van der Waals surface area (Å²) in [6, 6.07) is 24.5. The predicted octanol–water partition coefficient (Wildman–Crippen LogP) is 5.56. The highest BCUT2D eigenvalue weighted by molar-refractivity contribution is 9.10. The van der Waals surface area contributed by atoms with Crippen LogP contribution in [0.25, 0.3) is 21.5 Å². The van der Waals surface area contributed by atoms with Crippen molar-refractivity contribution in [2.75, 3.05) is 4.72 Å². The lowest BCUT2D eigenvalue weighted by Gasteiger charge is -2.10. The van der Waals surface area contributed by atoms with E-state index in [4.69, 9.17) is 0 Å². The molecule has 4 aromatic carbocycles. The number of nitrogens with one attached hydrogen (secondary N) is 1. The van der Waals surface area contributed by atoms with Crippen LogP contribution in [0.4, 0.5) is 5.69 Å². The largest absolute Gasteiger partial charge is 0.280 e. The maximum atomic E-state index is 12.6. The highest BCUT2D eigenvalue weighted by Gasteiger charge is 2.14.